The van der Waals surface area contributed by atoms with Gasteiger partial charge in [0.2, 0.25) is 0 Å². The highest BCUT2D eigenvalue weighted by molar-refractivity contribution is 6.92. The van der Waals surface area contributed by atoms with Crippen molar-refractivity contribution in [3.05, 3.63) is 0 Å². The first kappa shape index (κ1) is 62.7. The second-order valence-electron chi connectivity index (χ2n) is 22.7. The Kier molecular flexibility index (Phi) is 25.5. The van der Waals surface area contributed by atoms with Gasteiger partial charge in [-0.2, -0.15) is 0 Å². The summed E-state index contributed by atoms with van der Waals surface area (Å²) in [4.78, 5) is 0. The molecule has 0 radical (unpaired) electrons. The van der Waals surface area contributed by atoms with E-state index < -0.39 is 90.1 Å². The van der Waals surface area contributed by atoms with Crippen molar-refractivity contribution in [1.29, 1.82) is 0 Å². The van der Waals surface area contributed by atoms with Gasteiger partial charge < -0.3 is 52.6 Å². The fourth-order valence-electron chi connectivity index (χ4n) is 8.43. The molecule has 2 N–H and O–H groups in total. The maximum atomic E-state index is 10.3. The van der Waals surface area contributed by atoms with Crippen LogP contribution in [-0.2, 0) is 42.4 Å². The lowest BCUT2D eigenvalue weighted by Crippen LogP contribution is -2.59. The first-order valence-corrected chi connectivity index (χ1v) is 52.2. The van der Waals surface area contributed by atoms with E-state index in [1.807, 2.05) is 0 Å². The summed E-state index contributed by atoms with van der Waals surface area (Å²) in [5.41, 5.74) is 0.245. The van der Waals surface area contributed by atoms with Gasteiger partial charge in [-0.1, -0.05) is 40.5 Å². The smallest absolute Gasteiger partial charge is 0.314 e. The lowest BCUT2D eigenvalue weighted by molar-refractivity contribution is -0.0767. The Balaban J connectivity index is 4.99. The van der Waals surface area contributed by atoms with Gasteiger partial charge in [-0.05, 0) is 167 Å². The van der Waals surface area contributed by atoms with Crippen LogP contribution >= 0.6 is 0 Å². The number of ether oxygens (including phenoxy) is 2. The largest absolute Gasteiger partial charge is 0.436 e. The maximum Gasteiger partial charge on any atom is 0.314 e. The molecular weight excluding hydrogens is 941 g/mol. The normalized spacial score (nSPS) is 16.0. The maximum absolute atomic E-state index is 10.3. The second-order valence-corrected chi connectivity index (χ2v) is 62.4. The van der Waals surface area contributed by atoms with Gasteiger partial charge in [0.05, 0.1) is 31.8 Å². The Morgan fingerprint density at radius 2 is 0.639 bits per heavy atom. The molecule has 12 nitrogen and oxygen atoms in total. The van der Waals surface area contributed by atoms with Crippen LogP contribution in [0.5, 0.6) is 0 Å². The van der Waals surface area contributed by atoms with E-state index in [4.69, 9.17) is 42.4 Å². The molecule has 0 aromatic heterocycles. The molecule has 0 saturated heterocycles. The van der Waals surface area contributed by atoms with Gasteiger partial charge in [-0.3, -0.25) is 0 Å². The molecule has 0 aromatic rings. The summed E-state index contributed by atoms with van der Waals surface area (Å²) in [6.07, 6.45) is 3.86. The van der Waals surface area contributed by atoms with E-state index in [1.165, 1.54) is 0 Å². The minimum atomic E-state index is -2.53. The van der Waals surface area contributed by atoms with Crippen LogP contribution in [0, 0.1) is 5.41 Å². The van der Waals surface area contributed by atoms with E-state index in [2.05, 4.69) is 159 Å². The van der Waals surface area contributed by atoms with E-state index in [9.17, 15) is 10.2 Å². The molecule has 2 atom stereocenters. The first-order chi connectivity index (χ1) is 27.2. The summed E-state index contributed by atoms with van der Waals surface area (Å²) in [5, 5.41) is 20.7. The Morgan fingerprint density at radius 1 is 0.393 bits per heavy atom. The summed E-state index contributed by atoms with van der Waals surface area (Å²) in [6.45, 7) is 53.8. The molecule has 2 unspecified atom stereocenters. The number of hydrogen-bond acceptors (Lipinski definition) is 12. The van der Waals surface area contributed by atoms with Gasteiger partial charge in [-0.15, -0.1) is 0 Å². The van der Waals surface area contributed by atoms with Gasteiger partial charge in [0, 0.05) is 13.2 Å². The average Bonchev–Trinajstić information content (AvgIpc) is 3.01. The first-order valence-electron chi connectivity index (χ1n) is 23.1. The fraction of sp³-hybridized carbons (Fsp3) is 1.00. The number of rotatable bonds is 34. The van der Waals surface area contributed by atoms with Gasteiger partial charge in [0.25, 0.3) is 0 Å². The van der Waals surface area contributed by atoms with E-state index in [0.717, 1.165) is 37.8 Å². The van der Waals surface area contributed by atoms with Crippen molar-refractivity contribution in [2.24, 2.45) is 5.41 Å². The van der Waals surface area contributed by atoms with Crippen molar-refractivity contribution in [1.82, 2.24) is 0 Å². The summed E-state index contributed by atoms with van der Waals surface area (Å²) in [7, 11) is -22.9. The van der Waals surface area contributed by atoms with Crippen molar-refractivity contribution >= 4 is 84.6 Å². The predicted molar refractivity (Wildman–Crippen MR) is 280 cm³/mol. The minimum Gasteiger partial charge on any atom is -0.436 e. The van der Waals surface area contributed by atoms with Gasteiger partial charge in [-0.25, -0.2) is 0 Å². The lowest BCUT2D eigenvalue weighted by atomic mass is 9.92. The zero-order valence-electron chi connectivity index (χ0n) is 44.1. The van der Waals surface area contributed by atoms with E-state index in [0.29, 0.717) is 24.3 Å². The molecule has 22 heteroatoms. The minimum absolute atomic E-state index is 0.214. The van der Waals surface area contributed by atoms with Crippen molar-refractivity contribution in [2.75, 3.05) is 39.6 Å². The molecule has 0 bridgehead atoms. The molecule has 0 aliphatic rings. The average molecular weight is 1040 g/mol. The summed E-state index contributed by atoms with van der Waals surface area (Å²) >= 11 is 0. The number of aliphatic hydroxyl groups excluding tert-OH is 2. The SMILES string of the molecule is CCC(C)[Si](C)(C)O[Si](C)(C)O[Si](C)(C)O[Si](C)(C)O[Si](C)(C)CCCOCC(CO)(CO)COCCC[Si](C)(C)O[Si](C)(C)O[Si](C)(C)O[Si](C)(C)O[Si](C)(C)C(C)CC. The Morgan fingerprint density at radius 3 is 0.885 bits per heavy atom. The quantitative estimate of drug-likeness (QED) is 0.0470. The van der Waals surface area contributed by atoms with Crippen LogP contribution in [-0.4, -0.2) is 134 Å². The molecule has 0 aliphatic carbocycles. The standard InChI is InChI=1S/C39H100O12Si10/c1-25-37(3)54(9,10)46-58(17,18)50-60(21,22)48-56(13,14)44-52(5,6)31-27-29-42-35-39(33-40,34-41)36-43-30-28-32-53(7,8)45-57(15,16)49-61(23,24)51-59(19,20)47-55(11,12)38(4)26-2/h37-38,40-41H,25-36H2,1-24H3. The van der Waals surface area contributed by atoms with Crippen LogP contribution in [0.1, 0.15) is 53.4 Å². The van der Waals surface area contributed by atoms with Crippen LogP contribution in [0.15, 0.2) is 0 Å². The molecule has 0 aromatic carbocycles. The van der Waals surface area contributed by atoms with Gasteiger partial charge >= 0.3 is 51.4 Å². The molecular formula is C39H100O12Si10. The summed E-state index contributed by atoms with van der Waals surface area (Å²) in [6, 6.07) is 1.81. The topological polar surface area (TPSA) is 133 Å². The predicted octanol–water partition coefficient (Wildman–Crippen LogP) is 11.5. The van der Waals surface area contributed by atoms with E-state index in [1.54, 1.807) is 0 Å². The lowest BCUT2D eigenvalue weighted by Gasteiger charge is -2.43. The fourth-order valence-corrected chi connectivity index (χ4v) is 57.8. The third kappa shape index (κ3) is 26.1. The van der Waals surface area contributed by atoms with Crippen molar-refractivity contribution < 1.29 is 52.6 Å². The highest BCUT2D eigenvalue weighted by Gasteiger charge is 2.48. The third-order valence-electron chi connectivity index (χ3n) is 11.2. The van der Waals surface area contributed by atoms with Gasteiger partial charge in [0.15, 0.2) is 33.3 Å². The van der Waals surface area contributed by atoms with Crippen LogP contribution in [0.4, 0.5) is 0 Å². The zero-order chi connectivity index (χ0) is 48.2. The van der Waals surface area contributed by atoms with E-state index >= 15 is 0 Å². The van der Waals surface area contributed by atoms with Gasteiger partial charge in [0.1, 0.15) is 0 Å². The number of aliphatic hydroxyl groups is 2. The Labute approximate surface area is 387 Å². The van der Waals surface area contributed by atoms with E-state index in [-0.39, 0.29) is 26.4 Å². The molecule has 0 heterocycles. The molecule has 0 saturated carbocycles. The highest BCUT2D eigenvalue weighted by Crippen LogP contribution is 2.34. The monoisotopic (exact) mass is 1040 g/mol. The van der Waals surface area contributed by atoms with Crippen molar-refractivity contribution in [3.63, 3.8) is 0 Å². The number of hydrogen-bond donors (Lipinski definition) is 2. The highest BCUT2D eigenvalue weighted by atomic mass is 28.5. The molecule has 0 fully saturated rings. The summed E-state index contributed by atoms with van der Waals surface area (Å²) < 4.78 is 66.4. The summed E-state index contributed by atoms with van der Waals surface area (Å²) in [5.74, 6) is 0. The van der Waals surface area contributed by atoms with Crippen LogP contribution < -0.4 is 0 Å². The third-order valence-corrected chi connectivity index (χ3v) is 52.2. The Hall–Kier alpha value is 1.69. The molecule has 0 aliphatic heterocycles. The van der Waals surface area contributed by atoms with Crippen LogP contribution in [0.3, 0.4) is 0 Å². The Bertz CT molecular complexity index is 1180. The molecule has 61 heavy (non-hydrogen) atoms. The molecule has 0 rings (SSSR count). The zero-order valence-corrected chi connectivity index (χ0v) is 54.1. The molecule has 0 spiro atoms. The van der Waals surface area contributed by atoms with Crippen LogP contribution in [0.2, 0.25) is 154 Å². The van der Waals surface area contributed by atoms with Crippen LogP contribution in [0.25, 0.3) is 0 Å². The van der Waals surface area contributed by atoms with Crippen molar-refractivity contribution in [2.45, 2.75) is 207 Å². The van der Waals surface area contributed by atoms with Crippen molar-refractivity contribution in [3.8, 4) is 0 Å². The molecule has 0 amide bonds. The molecule has 368 valence electrons. The second kappa shape index (κ2) is 24.8.